The second-order valence-electron chi connectivity index (χ2n) is 9.69. The molecular formula is C31H23ClN2O6. The fourth-order valence-electron chi connectivity index (χ4n) is 5.09. The highest BCUT2D eigenvalue weighted by atomic mass is 35.5. The van der Waals surface area contributed by atoms with Crippen molar-refractivity contribution in [2.45, 2.75) is 25.8 Å². The molecule has 40 heavy (non-hydrogen) atoms. The van der Waals surface area contributed by atoms with Crippen LogP contribution in [0, 0.1) is 6.92 Å². The molecular weight excluding hydrogens is 532 g/mol. The minimum Gasteiger partial charge on any atom is -0.480 e. The van der Waals surface area contributed by atoms with Crippen LogP contribution in [0.2, 0.25) is 5.02 Å². The van der Waals surface area contributed by atoms with Gasteiger partial charge in [-0.2, -0.15) is 0 Å². The van der Waals surface area contributed by atoms with E-state index in [1.165, 1.54) is 0 Å². The number of para-hydroxylation sites is 1. The maximum atomic E-state index is 13.0. The number of hydrogen-bond donors (Lipinski definition) is 3. The molecule has 200 valence electrons. The van der Waals surface area contributed by atoms with Crippen LogP contribution in [-0.4, -0.2) is 28.0 Å². The number of carboxylic acid groups (broad SMARTS) is 1. The normalized spacial score (nSPS) is 12.2. The SMILES string of the molecule is Cc1c(CC(=O)NC(Cc2c[nH]c3ccccc23)C(=O)O)c(=O)oc2cc3occ(-c4ccc(Cl)cc4)c3cc12. The van der Waals surface area contributed by atoms with Gasteiger partial charge in [0.1, 0.15) is 17.2 Å². The van der Waals surface area contributed by atoms with Crippen LogP contribution in [0.4, 0.5) is 0 Å². The van der Waals surface area contributed by atoms with Crippen molar-refractivity contribution in [1.82, 2.24) is 10.3 Å². The highest BCUT2D eigenvalue weighted by Gasteiger charge is 2.24. The molecule has 0 radical (unpaired) electrons. The summed E-state index contributed by atoms with van der Waals surface area (Å²) in [6.07, 6.45) is 3.13. The van der Waals surface area contributed by atoms with E-state index in [0.29, 0.717) is 27.1 Å². The number of nitrogens with one attached hydrogen (secondary N) is 2. The summed E-state index contributed by atoms with van der Waals surface area (Å²) in [5.41, 5.74) is 4.37. The quantitative estimate of drug-likeness (QED) is 0.208. The fraction of sp³-hybridized carbons (Fsp3) is 0.129. The van der Waals surface area contributed by atoms with Gasteiger partial charge in [-0.25, -0.2) is 9.59 Å². The van der Waals surface area contributed by atoms with Crippen molar-refractivity contribution in [3.8, 4) is 11.1 Å². The molecule has 0 aliphatic carbocycles. The number of furan rings is 1. The number of aromatic amines is 1. The van der Waals surface area contributed by atoms with E-state index in [1.54, 1.807) is 37.6 Å². The van der Waals surface area contributed by atoms with E-state index >= 15 is 0 Å². The van der Waals surface area contributed by atoms with Crippen LogP contribution in [0.15, 0.2) is 86.8 Å². The summed E-state index contributed by atoms with van der Waals surface area (Å²) in [6, 6.07) is 17.2. The number of hydrogen-bond acceptors (Lipinski definition) is 5. The molecule has 0 aliphatic heterocycles. The molecule has 0 fully saturated rings. The smallest absolute Gasteiger partial charge is 0.340 e. The Kier molecular flexibility index (Phi) is 6.40. The number of carboxylic acids is 1. The molecule has 0 spiro atoms. The van der Waals surface area contributed by atoms with Crippen molar-refractivity contribution in [1.29, 1.82) is 0 Å². The van der Waals surface area contributed by atoms with Gasteiger partial charge in [-0.05, 0) is 47.9 Å². The average molecular weight is 555 g/mol. The van der Waals surface area contributed by atoms with Crippen LogP contribution in [0.5, 0.6) is 0 Å². The van der Waals surface area contributed by atoms with E-state index in [9.17, 15) is 19.5 Å². The van der Waals surface area contributed by atoms with Crippen molar-refractivity contribution in [3.05, 3.63) is 105 Å². The third-order valence-corrected chi connectivity index (χ3v) is 7.46. The molecule has 6 aromatic rings. The number of carbonyl (C=O) groups is 2. The van der Waals surface area contributed by atoms with Crippen molar-refractivity contribution < 1.29 is 23.5 Å². The summed E-state index contributed by atoms with van der Waals surface area (Å²) in [5, 5.41) is 15.3. The number of benzene rings is 3. The van der Waals surface area contributed by atoms with Gasteiger partial charge in [0, 0.05) is 50.9 Å². The van der Waals surface area contributed by atoms with Crippen LogP contribution in [0.3, 0.4) is 0 Å². The van der Waals surface area contributed by atoms with Crippen LogP contribution < -0.4 is 10.9 Å². The lowest BCUT2D eigenvalue weighted by Gasteiger charge is -2.15. The van der Waals surface area contributed by atoms with Gasteiger partial charge < -0.3 is 24.2 Å². The Morgan fingerprint density at radius 1 is 1.02 bits per heavy atom. The van der Waals surface area contributed by atoms with Crippen LogP contribution in [-0.2, 0) is 22.4 Å². The number of rotatable bonds is 7. The lowest BCUT2D eigenvalue weighted by Crippen LogP contribution is -2.43. The molecule has 8 nitrogen and oxygen atoms in total. The molecule has 1 atom stereocenters. The van der Waals surface area contributed by atoms with Crippen LogP contribution in [0.1, 0.15) is 16.7 Å². The molecule has 0 bridgehead atoms. The van der Waals surface area contributed by atoms with Crippen LogP contribution >= 0.6 is 11.6 Å². The molecule has 9 heteroatoms. The number of aromatic nitrogens is 1. The Morgan fingerprint density at radius 2 is 1.80 bits per heavy atom. The topological polar surface area (TPSA) is 126 Å². The lowest BCUT2D eigenvalue weighted by atomic mass is 9.99. The molecule has 0 aliphatic rings. The van der Waals surface area contributed by atoms with Gasteiger partial charge in [-0.15, -0.1) is 0 Å². The number of fused-ring (bicyclic) bond motifs is 3. The van der Waals surface area contributed by atoms with Crippen LogP contribution in [0.25, 0.3) is 44.0 Å². The van der Waals surface area contributed by atoms with E-state index in [0.717, 1.165) is 33.0 Å². The molecule has 3 aromatic carbocycles. The Bertz CT molecular complexity index is 1980. The average Bonchev–Trinajstić information content (AvgIpc) is 3.54. The largest absolute Gasteiger partial charge is 0.480 e. The fourth-order valence-corrected chi connectivity index (χ4v) is 5.22. The summed E-state index contributed by atoms with van der Waals surface area (Å²) in [4.78, 5) is 41.0. The minimum absolute atomic E-state index is 0.0857. The second kappa shape index (κ2) is 10.1. The number of halogens is 1. The van der Waals surface area contributed by atoms with Crippen molar-refractivity contribution in [2.24, 2.45) is 0 Å². The summed E-state index contributed by atoms with van der Waals surface area (Å²) in [6.45, 7) is 1.75. The van der Waals surface area contributed by atoms with Gasteiger partial charge in [0.05, 0.1) is 18.2 Å². The molecule has 1 unspecified atom stereocenters. The summed E-state index contributed by atoms with van der Waals surface area (Å²) < 4.78 is 11.3. The monoisotopic (exact) mass is 554 g/mol. The van der Waals surface area contributed by atoms with Gasteiger partial charge in [0.25, 0.3) is 0 Å². The third kappa shape index (κ3) is 4.63. The van der Waals surface area contributed by atoms with Crippen molar-refractivity contribution >= 4 is 56.3 Å². The Balaban J connectivity index is 1.30. The molecule has 3 heterocycles. The van der Waals surface area contributed by atoms with Crippen molar-refractivity contribution in [2.75, 3.05) is 0 Å². The summed E-state index contributed by atoms with van der Waals surface area (Å²) >= 11 is 6.04. The van der Waals surface area contributed by atoms with Gasteiger partial charge >= 0.3 is 11.6 Å². The molecule has 3 N–H and O–H groups in total. The Labute approximate surface area is 232 Å². The maximum Gasteiger partial charge on any atom is 0.340 e. The standard InChI is InChI=1S/C31H23ClN2O6/c1-16-21-11-23-24(17-6-8-19(32)9-7-17)15-39-27(23)13-28(21)40-31(38)22(16)12-29(35)34-26(30(36)37)10-18-14-33-25-5-3-2-4-20(18)25/h2-9,11,13-15,26,33H,10,12H2,1H3,(H,34,35)(H,36,37). The van der Waals surface area contributed by atoms with E-state index in [1.807, 2.05) is 42.5 Å². The van der Waals surface area contributed by atoms with Gasteiger partial charge in [0.2, 0.25) is 5.91 Å². The van der Waals surface area contributed by atoms with Gasteiger partial charge in [0.15, 0.2) is 0 Å². The zero-order valence-corrected chi connectivity index (χ0v) is 22.0. The number of H-pyrrole nitrogens is 1. The van der Waals surface area contributed by atoms with E-state index in [2.05, 4.69) is 10.3 Å². The number of aliphatic carboxylic acids is 1. The summed E-state index contributed by atoms with van der Waals surface area (Å²) in [5.74, 6) is -1.76. The molecule has 1 amide bonds. The van der Waals surface area contributed by atoms with Gasteiger partial charge in [-0.3, -0.25) is 4.79 Å². The molecule has 0 saturated heterocycles. The molecule has 3 aromatic heterocycles. The zero-order chi connectivity index (χ0) is 28.0. The zero-order valence-electron chi connectivity index (χ0n) is 21.3. The van der Waals surface area contributed by atoms with Gasteiger partial charge in [-0.1, -0.05) is 41.9 Å². The predicted molar refractivity (Wildman–Crippen MR) is 153 cm³/mol. The van der Waals surface area contributed by atoms with E-state index in [4.69, 9.17) is 20.4 Å². The Morgan fingerprint density at radius 3 is 2.58 bits per heavy atom. The predicted octanol–water partition coefficient (Wildman–Crippen LogP) is 6.00. The van der Waals surface area contributed by atoms with E-state index in [-0.39, 0.29) is 18.4 Å². The molecule has 0 saturated carbocycles. The minimum atomic E-state index is -1.17. The highest BCUT2D eigenvalue weighted by Crippen LogP contribution is 2.35. The number of carbonyl (C=O) groups excluding carboxylic acids is 1. The number of aryl methyl sites for hydroxylation is 1. The lowest BCUT2D eigenvalue weighted by molar-refractivity contribution is -0.141. The second-order valence-corrected chi connectivity index (χ2v) is 10.1. The third-order valence-electron chi connectivity index (χ3n) is 7.21. The summed E-state index contributed by atoms with van der Waals surface area (Å²) in [7, 11) is 0. The first kappa shape index (κ1) is 25.5. The molecule has 6 rings (SSSR count). The first-order valence-corrected chi connectivity index (χ1v) is 13.0. The first-order chi connectivity index (χ1) is 19.3. The van der Waals surface area contributed by atoms with E-state index < -0.39 is 23.5 Å². The first-order valence-electron chi connectivity index (χ1n) is 12.6. The number of amides is 1. The maximum absolute atomic E-state index is 13.0. The Hall–Kier alpha value is -4.82. The highest BCUT2D eigenvalue weighted by molar-refractivity contribution is 6.30. The van der Waals surface area contributed by atoms with Crippen molar-refractivity contribution in [3.63, 3.8) is 0 Å².